The Labute approximate surface area is 234 Å². The average Bonchev–Trinajstić information content (AvgIpc) is 2.80. The van der Waals surface area contributed by atoms with Crippen molar-refractivity contribution in [2.45, 2.75) is 86.4 Å². The number of nitrogens with one attached hydrogen (secondary N) is 2. The molecule has 0 saturated heterocycles. The van der Waals surface area contributed by atoms with Crippen LogP contribution in [0.15, 0.2) is 49.1 Å². The van der Waals surface area contributed by atoms with Gasteiger partial charge in [0.1, 0.15) is 17.7 Å². The van der Waals surface area contributed by atoms with Crippen molar-refractivity contribution in [2.75, 3.05) is 11.9 Å². The van der Waals surface area contributed by atoms with Crippen molar-refractivity contribution in [2.24, 2.45) is 5.92 Å². The van der Waals surface area contributed by atoms with Crippen LogP contribution >= 0.6 is 0 Å². The Balaban J connectivity index is 2.62. The highest BCUT2D eigenvalue weighted by atomic mass is 16.6. The van der Waals surface area contributed by atoms with Gasteiger partial charge in [-0.1, -0.05) is 56.3 Å². The fourth-order valence-electron chi connectivity index (χ4n) is 4.69. The van der Waals surface area contributed by atoms with Crippen molar-refractivity contribution in [3.05, 3.63) is 76.9 Å². The van der Waals surface area contributed by atoms with Gasteiger partial charge in [0, 0.05) is 12.2 Å². The largest absolute Gasteiger partial charge is 0.444 e. The van der Waals surface area contributed by atoms with E-state index in [0.29, 0.717) is 6.42 Å². The number of benzene rings is 2. The number of amides is 3. The first-order valence-electron chi connectivity index (χ1n) is 13.5. The molecule has 212 valence electrons. The molecule has 2 N–H and O–H groups in total. The molecule has 3 amide bonds. The second kappa shape index (κ2) is 13.5. The Morgan fingerprint density at radius 2 is 1.46 bits per heavy atom. The highest BCUT2D eigenvalue weighted by molar-refractivity contribution is 6.00. The predicted octanol–water partition coefficient (Wildman–Crippen LogP) is 6.55. The number of carbonyl (C=O) groups excluding carboxylic acids is 3. The lowest BCUT2D eigenvalue weighted by atomic mass is 9.92. The minimum Gasteiger partial charge on any atom is -0.444 e. The highest BCUT2D eigenvalue weighted by Gasteiger charge is 2.37. The summed E-state index contributed by atoms with van der Waals surface area (Å²) in [6.07, 6.45) is 1.30. The van der Waals surface area contributed by atoms with Crippen molar-refractivity contribution in [3.63, 3.8) is 0 Å². The molecule has 2 aromatic carbocycles. The lowest BCUT2D eigenvalue weighted by molar-refractivity contribution is -0.140. The number of hydrogen-bond acceptors (Lipinski definition) is 4. The van der Waals surface area contributed by atoms with Crippen molar-refractivity contribution in [1.29, 1.82) is 0 Å². The number of alkyl carbamates (subject to hydrolysis) is 1. The topological polar surface area (TPSA) is 87.7 Å². The molecule has 2 atom stereocenters. The van der Waals surface area contributed by atoms with E-state index >= 15 is 0 Å². The molecule has 2 rings (SSSR count). The summed E-state index contributed by atoms with van der Waals surface area (Å²) in [5, 5.41) is 5.87. The predicted molar refractivity (Wildman–Crippen MR) is 158 cm³/mol. The molecule has 0 fully saturated rings. The number of ether oxygens (including phenoxy) is 1. The third-order valence-corrected chi connectivity index (χ3v) is 6.41. The number of rotatable bonds is 10. The number of hydrogen-bond donors (Lipinski definition) is 2. The van der Waals surface area contributed by atoms with Gasteiger partial charge in [-0.05, 0) is 88.6 Å². The van der Waals surface area contributed by atoms with E-state index in [-0.39, 0.29) is 24.3 Å². The molecule has 2 aromatic rings. The maximum absolute atomic E-state index is 14.2. The zero-order valence-corrected chi connectivity index (χ0v) is 25.0. The number of nitrogens with zero attached hydrogens (tertiary/aromatic N) is 1. The van der Waals surface area contributed by atoms with Crippen LogP contribution in [0.1, 0.15) is 74.9 Å². The minimum absolute atomic E-state index is 0.0987. The molecule has 7 nitrogen and oxygen atoms in total. The van der Waals surface area contributed by atoms with Crippen LogP contribution in [0.2, 0.25) is 0 Å². The van der Waals surface area contributed by atoms with Gasteiger partial charge >= 0.3 is 6.09 Å². The average molecular weight is 536 g/mol. The molecular weight excluding hydrogens is 490 g/mol. The van der Waals surface area contributed by atoms with Crippen LogP contribution in [-0.4, -0.2) is 41.0 Å². The summed E-state index contributed by atoms with van der Waals surface area (Å²) < 4.78 is 5.46. The van der Waals surface area contributed by atoms with Gasteiger partial charge in [-0.15, -0.1) is 6.58 Å². The van der Waals surface area contributed by atoms with Gasteiger partial charge in [0.2, 0.25) is 5.91 Å². The summed E-state index contributed by atoms with van der Waals surface area (Å²) in [7, 11) is 0. The Kier molecular flexibility index (Phi) is 10.9. The van der Waals surface area contributed by atoms with Gasteiger partial charge < -0.3 is 20.3 Å². The second-order valence-electron chi connectivity index (χ2n) is 11.6. The SMILES string of the molecule is C=CCN(C(=O)C(CC(C)C)NC(=O)OC(C)(C)C)C(C(=O)Nc1c(C)cccc1C)c1c(C)cccc1C. The van der Waals surface area contributed by atoms with E-state index in [9.17, 15) is 14.4 Å². The first-order chi connectivity index (χ1) is 18.2. The molecule has 2 unspecified atom stereocenters. The van der Waals surface area contributed by atoms with Crippen LogP contribution in [0.4, 0.5) is 10.5 Å². The molecule has 7 heteroatoms. The van der Waals surface area contributed by atoms with E-state index in [1.807, 2.05) is 77.9 Å². The Bertz CT molecular complexity index is 1160. The lowest BCUT2D eigenvalue weighted by Crippen LogP contribution is -2.53. The zero-order chi connectivity index (χ0) is 29.5. The van der Waals surface area contributed by atoms with E-state index in [1.165, 1.54) is 4.90 Å². The zero-order valence-electron chi connectivity index (χ0n) is 25.0. The van der Waals surface area contributed by atoms with Crippen molar-refractivity contribution >= 4 is 23.6 Å². The maximum Gasteiger partial charge on any atom is 0.408 e. The van der Waals surface area contributed by atoms with Crippen LogP contribution in [-0.2, 0) is 14.3 Å². The summed E-state index contributed by atoms with van der Waals surface area (Å²) in [4.78, 5) is 42.6. The van der Waals surface area contributed by atoms with Crippen LogP contribution < -0.4 is 10.6 Å². The Hall–Kier alpha value is -3.61. The van der Waals surface area contributed by atoms with Crippen LogP contribution in [0.5, 0.6) is 0 Å². The molecular formula is C32H45N3O4. The number of aryl methyl sites for hydroxylation is 4. The van der Waals surface area contributed by atoms with Gasteiger partial charge in [-0.25, -0.2) is 4.79 Å². The van der Waals surface area contributed by atoms with E-state index in [1.54, 1.807) is 26.8 Å². The molecule has 0 aromatic heterocycles. The molecule has 0 spiro atoms. The summed E-state index contributed by atoms with van der Waals surface area (Å²) in [5.41, 5.74) is 4.37. The summed E-state index contributed by atoms with van der Waals surface area (Å²) >= 11 is 0. The second-order valence-corrected chi connectivity index (χ2v) is 11.6. The Morgan fingerprint density at radius 3 is 1.92 bits per heavy atom. The van der Waals surface area contributed by atoms with Gasteiger partial charge in [-0.3, -0.25) is 9.59 Å². The van der Waals surface area contributed by atoms with Crippen molar-refractivity contribution < 1.29 is 19.1 Å². The molecule has 0 bridgehead atoms. The fourth-order valence-corrected chi connectivity index (χ4v) is 4.69. The molecule has 0 aliphatic heterocycles. The smallest absolute Gasteiger partial charge is 0.408 e. The third kappa shape index (κ3) is 8.70. The van der Waals surface area contributed by atoms with Gasteiger partial charge in [0.05, 0.1) is 0 Å². The third-order valence-electron chi connectivity index (χ3n) is 6.41. The minimum atomic E-state index is -0.953. The van der Waals surface area contributed by atoms with Crippen LogP contribution in [0.25, 0.3) is 0 Å². The van der Waals surface area contributed by atoms with Crippen molar-refractivity contribution in [3.8, 4) is 0 Å². The molecule has 0 aliphatic rings. The normalized spacial score (nSPS) is 12.9. The highest BCUT2D eigenvalue weighted by Crippen LogP contribution is 2.31. The quantitative estimate of drug-likeness (QED) is 0.338. The van der Waals surface area contributed by atoms with Crippen molar-refractivity contribution in [1.82, 2.24) is 10.2 Å². The number of carbonyl (C=O) groups is 3. The monoisotopic (exact) mass is 535 g/mol. The van der Waals surface area contributed by atoms with Crippen LogP contribution in [0.3, 0.4) is 0 Å². The van der Waals surface area contributed by atoms with Gasteiger partial charge in [-0.2, -0.15) is 0 Å². The van der Waals surface area contributed by atoms with E-state index < -0.39 is 23.8 Å². The molecule has 39 heavy (non-hydrogen) atoms. The van der Waals surface area contributed by atoms with E-state index in [4.69, 9.17) is 4.74 Å². The first kappa shape index (κ1) is 31.6. The molecule has 0 heterocycles. The van der Waals surface area contributed by atoms with E-state index in [2.05, 4.69) is 17.2 Å². The fraction of sp³-hybridized carbons (Fsp3) is 0.469. The summed E-state index contributed by atoms with van der Waals surface area (Å²) in [5.74, 6) is -0.610. The van der Waals surface area contributed by atoms with E-state index in [0.717, 1.165) is 33.5 Å². The Morgan fingerprint density at radius 1 is 0.949 bits per heavy atom. The van der Waals surface area contributed by atoms with Crippen LogP contribution in [0, 0.1) is 33.6 Å². The molecule has 0 radical (unpaired) electrons. The molecule has 0 saturated carbocycles. The lowest BCUT2D eigenvalue weighted by Gasteiger charge is -2.35. The maximum atomic E-state index is 14.2. The molecule has 0 aliphatic carbocycles. The summed E-state index contributed by atoms with van der Waals surface area (Å²) in [6, 6.07) is 9.77. The number of para-hydroxylation sites is 1. The van der Waals surface area contributed by atoms with Gasteiger partial charge in [0.25, 0.3) is 5.91 Å². The standard InChI is InChI=1S/C32H45N3O4/c1-11-18-35(30(37)25(19-20(2)3)33-31(38)39-32(8,9)10)28(26-21(4)14-12-15-22(26)5)29(36)34-27-23(6)16-13-17-24(27)7/h11-17,20,25,28H,1,18-19H2,2-10H3,(H,33,38)(H,34,36). The van der Waals surface area contributed by atoms with Gasteiger partial charge in [0.15, 0.2) is 0 Å². The summed E-state index contributed by atoms with van der Waals surface area (Å²) in [6.45, 7) is 21.0. The first-order valence-corrected chi connectivity index (χ1v) is 13.5. The number of anilines is 1.